The highest BCUT2D eigenvalue weighted by molar-refractivity contribution is 6.25. The van der Waals surface area contributed by atoms with Crippen LogP contribution in [0.2, 0.25) is 0 Å². The maximum Gasteiger partial charge on any atom is 0.263 e. The first-order valence-electron chi connectivity index (χ1n) is 7.60. The normalized spacial score (nSPS) is 22.0. The zero-order chi connectivity index (χ0) is 17.6. The average molecular weight is 342 g/mol. The van der Waals surface area contributed by atoms with Crippen molar-refractivity contribution in [2.75, 3.05) is 4.90 Å². The Labute approximate surface area is 141 Å². The molecule has 25 heavy (non-hydrogen) atoms. The van der Waals surface area contributed by atoms with E-state index >= 15 is 0 Å². The van der Waals surface area contributed by atoms with Gasteiger partial charge in [0.25, 0.3) is 11.8 Å². The number of benzene rings is 2. The van der Waals surface area contributed by atoms with Gasteiger partial charge in [0.2, 0.25) is 0 Å². The Morgan fingerprint density at radius 3 is 2.44 bits per heavy atom. The summed E-state index contributed by atoms with van der Waals surface area (Å²) in [7, 11) is 0. The highest BCUT2D eigenvalue weighted by Crippen LogP contribution is 2.33. The summed E-state index contributed by atoms with van der Waals surface area (Å²) in [5.41, 5.74) is 0.895. The summed E-state index contributed by atoms with van der Waals surface area (Å²) >= 11 is 0. The predicted octanol–water partition coefficient (Wildman–Crippen LogP) is 2.46. The number of amides is 2. The molecule has 0 radical (unpaired) electrons. The Morgan fingerprint density at radius 1 is 0.960 bits per heavy atom. The van der Waals surface area contributed by atoms with Crippen molar-refractivity contribution in [1.82, 2.24) is 5.01 Å². The number of nitrogens with zero attached hydrogens (tertiary/aromatic N) is 4. The number of hydrogen-bond acceptors (Lipinski definition) is 5. The first kappa shape index (κ1) is 15.4. The summed E-state index contributed by atoms with van der Waals surface area (Å²) in [6, 6.07) is 10.4. The van der Waals surface area contributed by atoms with Crippen LogP contribution < -0.4 is 4.90 Å². The maximum atomic E-state index is 13.5. The molecule has 1 fully saturated rings. The van der Waals surface area contributed by atoms with Gasteiger partial charge in [-0.25, -0.2) is 13.7 Å². The number of hydrogen-bond donors (Lipinski definition) is 0. The van der Waals surface area contributed by atoms with E-state index in [1.165, 1.54) is 11.1 Å². The number of rotatable bonds is 3. The van der Waals surface area contributed by atoms with E-state index in [9.17, 15) is 18.4 Å². The third-order valence-corrected chi connectivity index (χ3v) is 4.21. The molecule has 8 heteroatoms. The Balaban J connectivity index is 1.62. The molecule has 0 unspecified atom stereocenters. The van der Waals surface area contributed by atoms with Gasteiger partial charge in [0, 0.05) is 6.07 Å². The van der Waals surface area contributed by atoms with Crippen molar-refractivity contribution in [2.24, 2.45) is 10.3 Å². The van der Waals surface area contributed by atoms with Crippen LogP contribution in [0, 0.1) is 11.6 Å². The topological polar surface area (TPSA) is 65.3 Å². The van der Waals surface area contributed by atoms with Gasteiger partial charge in [-0.1, -0.05) is 35.6 Å². The second-order valence-corrected chi connectivity index (χ2v) is 5.79. The molecule has 126 valence electrons. The lowest BCUT2D eigenvalue weighted by molar-refractivity contribution is -0.123. The van der Waals surface area contributed by atoms with Gasteiger partial charge in [-0.2, -0.15) is 5.11 Å². The molecule has 6 nitrogen and oxygen atoms in total. The average Bonchev–Trinajstić information content (AvgIpc) is 3.12. The van der Waals surface area contributed by atoms with Crippen LogP contribution in [0.3, 0.4) is 0 Å². The lowest BCUT2D eigenvalue weighted by atomic mass is 10.1. The lowest BCUT2D eigenvalue weighted by Crippen LogP contribution is -2.39. The van der Waals surface area contributed by atoms with Crippen molar-refractivity contribution in [2.45, 2.75) is 18.6 Å². The van der Waals surface area contributed by atoms with E-state index in [0.717, 1.165) is 22.6 Å². The van der Waals surface area contributed by atoms with Crippen LogP contribution in [0.5, 0.6) is 0 Å². The standard InChI is InChI=1S/C17H12F2N4O2/c18-12-7-6-11(8-13(12)19)23-16(24)14-15(17(23)25)22(21-20-14)9-10-4-2-1-3-5-10/h1-8,14-15H,9H2/t14-,15+/m1/s1. The second-order valence-electron chi connectivity index (χ2n) is 5.79. The van der Waals surface area contributed by atoms with Crippen LogP contribution >= 0.6 is 0 Å². The fourth-order valence-corrected chi connectivity index (χ4v) is 3.00. The molecule has 0 aliphatic carbocycles. The highest BCUT2D eigenvalue weighted by atomic mass is 19.2. The molecule has 2 aromatic rings. The first-order chi connectivity index (χ1) is 12.1. The van der Waals surface area contributed by atoms with Gasteiger partial charge in [-0.3, -0.25) is 14.6 Å². The third kappa shape index (κ3) is 2.46. The van der Waals surface area contributed by atoms with E-state index in [0.29, 0.717) is 6.54 Å². The molecule has 2 aliphatic heterocycles. The van der Waals surface area contributed by atoms with Gasteiger partial charge in [0.1, 0.15) is 0 Å². The monoisotopic (exact) mass is 342 g/mol. The molecule has 2 amide bonds. The molecule has 2 heterocycles. The number of halogens is 2. The molecule has 0 N–H and O–H groups in total. The number of fused-ring (bicyclic) bond motifs is 1. The fourth-order valence-electron chi connectivity index (χ4n) is 3.00. The van der Waals surface area contributed by atoms with Crippen molar-refractivity contribution >= 4 is 17.5 Å². The van der Waals surface area contributed by atoms with E-state index in [-0.39, 0.29) is 5.69 Å². The molecule has 1 saturated heterocycles. The Bertz CT molecular complexity index is 887. The highest BCUT2D eigenvalue weighted by Gasteiger charge is 2.54. The molecule has 2 aromatic carbocycles. The van der Waals surface area contributed by atoms with Gasteiger partial charge in [-0.15, -0.1) is 0 Å². The fraction of sp³-hybridized carbons (Fsp3) is 0.176. The first-order valence-corrected chi connectivity index (χ1v) is 7.60. The zero-order valence-corrected chi connectivity index (χ0v) is 12.8. The lowest BCUT2D eigenvalue weighted by Gasteiger charge is -2.20. The minimum Gasteiger partial charge on any atom is -0.271 e. The smallest absolute Gasteiger partial charge is 0.263 e. The minimum atomic E-state index is -1.13. The van der Waals surface area contributed by atoms with Crippen molar-refractivity contribution < 1.29 is 18.4 Å². The number of imide groups is 1. The maximum absolute atomic E-state index is 13.5. The Hall–Kier alpha value is -3.16. The van der Waals surface area contributed by atoms with E-state index in [1.807, 2.05) is 30.3 Å². The number of anilines is 1. The van der Waals surface area contributed by atoms with E-state index in [4.69, 9.17) is 0 Å². The zero-order valence-electron chi connectivity index (χ0n) is 12.8. The summed E-state index contributed by atoms with van der Waals surface area (Å²) in [4.78, 5) is 26.1. The van der Waals surface area contributed by atoms with Crippen LogP contribution in [0.15, 0.2) is 58.9 Å². The van der Waals surface area contributed by atoms with Crippen LogP contribution in [-0.4, -0.2) is 28.9 Å². The molecule has 0 bridgehead atoms. The van der Waals surface area contributed by atoms with Crippen LogP contribution in [0.25, 0.3) is 0 Å². The van der Waals surface area contributed by atoms with Gasteiger partial charge in [0.05, 0.1) is 12.2 Å². The van der Waals surface area contributed by atoms with Gasteiger partial charge < -0.3 is 0 Å². The second kappa shape index (κ2) is 5.73. The van der Waals surface area contributed by atoms with Crippen LogP contribution in [-0.2, 0) is 16.1 Å². The van der Waals surface area contributed by atoms with Gasteiger partial charge >= 0.3 is 0 Å². The van der Waals surface area contributed by atoms with Crippen LogP contribution in [0.4, 0.5) is 14.5 Å². The van der Waals surface area contributed by atoms with Crippen LogP contribution in [0.1, 0.15) is 5.56 Å². The number of carbonyl (C=O) groups excluding carboxylic acids is 2. The van der Waals surface area contributed by atoms with Crippen molar-refractivity contribution in [3.63, 3.8) is 0 Å². The molecule has 4 rings (SSSR count). The summed E-state index contributed by atoms with van der Waals surface area (Å²) in [5, 5.41) is 9.27. The third-order valence-electron chi connectivity index (χ3n) is 4.21. The summed E-state index contributed by atoms with van der Waals surface area (Å²) < 4.78 is 26.6. The van der Waals surface area contributed by atoms with E-state index in [1.54, 1.807) is 0 Å². The van der Waals surface area contributed by atoms with E-state index in [2.05, 4.69) is 10.3 Å². The SMILES string of the molecule is O=C1[C@@H]2[C@@H](N=NN2Cc2ccccc2)C(=O)N1c1ccc(F)c(F)c1. The molecule has 2 atom stereocenters. The van der Waals surface area contributed by atoms with Crippen molar-refractivity contribution in [1.29, 1.82) is 0 Å². The molecular weight excluding hydrogens is 330 g/mol. The van der Waals surface area contributed by atoms with Crippen molar-refractivity contribution in [3.8, 4) is 0 Å². The molecule has 0 saturated carbocycles. The molecule has 0 spiro atoms. The predicted molar refractivity (Wildman–Crippen MR) is 83.3 cm³/mol. The molecular formula is C17H12F2N4O2. The molecule has 2 aliphatic rings. The van der Waals surface area contributed by atoms with E-state index < -0.39 is 35.5 Å². The van der Waals surface area contributed by atoms with Gasteiger partial charge in [0.15, 0.2) is 23.7 Å². The summed E-state index contributed by atoms with van der Waals surface area (Å²) in [6.45, 7) is 0.316. The largest absolute Gasteiger partial charge is 0.271 e. The Kier molecular flexibility index (Phi) is 3.52. The van der Waals surface area contributed by atoms with Gasteiger partial charge in [-0.05, 0) is 17.7 Å². The summed E-state index contributed by atoms with van der Waals surface area (Å²) in [5.74, 6) is -3.33. The van der Waals surface area contributed by atoms with Crippen molar-refractivity contribution in [3.05, 3.63) is 65.7 Å². The molecule has 0 aromatic heterocycles. The Morgan fingerprint density at radius 2 is 1.72 bits per heavy atom. The minimum absolute atomic E-state index is 0.0156. The number of carbonyl (C=O) groups is 2. The summed E-state index contributed by atoms with van der Waals surface area (Å²) in [6.07, 6.45) is 0. The quantitative estimate of drug-likeness (QED) is 0.805.